The summed E-state index contributed by atoms with van der Waals surface area (Å²) in [6.45, 7) is 2.05. The number of esters is 1. The molecular weight excluding hydrogens is 247 g/mol. The van der Waals surface area contributed by atoms with Crippen LogP contribution in [-0.4, -0.2) is 12.6 Å². The van der Waals surface area contributed by atoms with Crippen LogP contribution >= 0.6 is 23.2 Å². The maximum absolute atomic E-state index is 11.0. The van der Waals surface area contributed by atoms with E-state index < -0.39 is 5.97 Å². The van der Waals surface area contributed by atoms with Gasteiger partial charge in [-0.05, 0) is 30.7 Å². The van der Waals surface area contributed by atoms with Crippen molar-refractivity contribution in [3.8, 4) is 11.8 Å². The van der Waals surface area contributed by atoms with Crippen LogP contribution < -0.4 is 0 Å². The number of hydrogen-bond acceptors (Lipinski definition) is 2. The monoisotopic (exact) mass is 256 g/mol. The third kappa shape index (κ3) is 3.77. The van der Waals surface area contributed by atoms with E-state index in [0.29, 0.717) is 23.1 Å². The Hall–Kier alpha value is -1.17. The van der Waals surface area contributed by atoms with Crippen LogP contribution in [0.1, 0.15) is 18.1 Å². The average molecular weight is 257 g/mol. The Balaban J connectivity index is 2.85. The minimum Gasteiger partial charge on any atom is -0.456 e. The first-order valence-corrected chi connectivity index (χ1v) is 5.61. The maximum atomic E-state index is 11.0. The molecule has 0 bridgehead atoms. The first kappa shape index (κ1) is 12.9. The van der Waals surface area contributed by atoms with Gasteiger partial charge in [-0.2, -0.15) is 0 Å². The number of rotatable bonds is 2. The third-order valence-corrected chi connectivity index (χ3v) is 2.43. The Kier molecular flexibility index (Phi) is 5.18. The minimum absolute atomic E-state index is 0.313. The quantitative estimate of drug-likeness (QED) is 0.462. The molecular formula is C12H10Cl2O2. The van der Waals surface area contributed by atoms with Gasteiger partial charge in [0.1, 0.15) is 0 Å². The molecule has 0 aliphatic rings. The highest BCUT2D eigenvalue weighted by Gasteiger charge is 1.99. The lowest BCUT2D eigenvalue weighted by atomic mass is 10.1. The summed E-state index contributed by atoms with van der Waals surface area (Å²) < 4.78 is 4.68. The van der Waals surface area contributed by atoms with Gasteiger partial charge in [-0.3, -0.25) is 0 Å². The molecule has 2 nitrogen and oxygen atoms in total. The summed E-state index contributed by atoms with van der Waals surface area (Å²) in [4.78, 5) is 11.0. The lowest BCUT2D eigenvalue weighted by Gasteiger charge is -1.99. The van der Waals surface area contributed by atoms with Crippen molar-refractivity contribution in [3.05, 3.63) is 34.3 Å². The van der Waals surface area contributed by atoms with Crippen LogP contribution in [0.25, 0.3) is 0 Å². The summed E-state index contributed by atoms with van der Waals surface area (Å²) in [7, 11) is 0. The second kappa shape index (κ2) is 6.42. The second-order valence-electron chi connectivity index (χ2n) is 2.91. The number of hydrogen-bond donors (Lipinski definition) is 0. The number of alkyl halides is 1. The van der Waals surface area contributed by atoms with Crippen LogP contribution in [0.15, 0.2) is 18.2 Å². The molecule has 1 aromatic carbocycles. The molecule has 0 atom stereocenters. The van der Waals surface area contributed by atoms with Crippen molar-refractivity contribution in [1.29, 1.82) is 0 Å². The van der Waals surface area contributed by atoms with Crippen LogP contribution in [0.2, 0.25) is 5.02 Å². The van der Waals surface area contributed by atoms with Gasteiger partial charge in [-0.15, -0.1) is 11.6 Å². The topological polar surface area (TPSA) is 26.3 Å². The summed E-state index contributed by atoms with van der Waals surface area (Å²) >= 11 is 11.6. The summed E-state index contributed by atoms with van der Waals surface area (Å²) in [5.41, 5.74) is 1.48. The molecule has 0 saturated carbocycles. The lowest BCUT2D eigenvalue weighted by Crippen LogP contribution is -1.99. The smallest absolute Gasteiger partial charge is 0.384 e. The predicted octanol–water partition coefficient (Wildman–Crippen LogP) is 2.99. The van der Waals surface area contributed by atoms with Crippen molar-refractivity contribution < 1.29 is 9.53 Å². The van der Waals surface area contributed by atoms with Gasteiger partial charge >= 0.3 is 5.97 Å². The fourth-order valence-electron chi connectivity index (χ4n) is 1.05. The predicted molar refractivity (Wildman–Crippen MR) is 64.5 cm³/mol. The van der Waals surface area contributed by atoms with Crippen LogP contribution in [0, 0.1) is 11.8 Å². The summed E-state index contributed by atoms with van der Waals surface area (Å²) in [5, 5.41) is 0.594. The number of carbonyl (C=O) groups is 1. The van der Waals surface area contributed by atoms with E-state index >= 15 is 0 Å². The molecule has 0 aliphatic carbocycles. The zero-order chi connectivity index (χ0) is 12.0. The molecule has 0 amide bonds. The molecule has 1 aromatic rings. The second-order valence-corrected chi connectivity index (χ2v) is 3.58. The van der Waals surface area contributed by atoms with Crippen molar-refractivity contribution >= 4 is 29.2 Å². The van der Waals surface area contributed by atoms with Crippen molar-refractivity contribution in [1.82, 2.24) is 0 Å². The molecule has 84 valence electrons. The van der Waals surface area contributed by atoms with E-state index in [2.05, 4.69) is 16.6 Å². The first-order chi connectivity index (χ1) is 7.67. The van der Waals surface area contributed by atoms with E-state index in [0.717, 1.165) is 5.56 Å². The highest BCUT2D eigenvalue weighted by atomic mass is 35.5. The standard InChI is InChI=1S/C12H10Cl2O2/c1-2-16-12(15)6-4-9-3-5-11(14)10(7-9)8-13/h3,5,7H,2,8H2,1H3. The highest BCUT2D eigenvalue weighted by molar-refractivity contribution is 6.32. The summed E-state index contributed by atoms with van der Waals surface area (Å²) in [6.07, 6.45) is 0. The van der Waals surface area contributed by atoms with E-state index in [-0.39, 0.29) is 0 Å². The first-order valence-electron chi connectivity index (χ1n) is 4.70. The summed E-state index contributed by atoms with van der Waals surface area (Å²) in [6, 6.07) is 5.18. The van der Waals surface area contributed by atoms with Crippen LogP contribution in [0.3, 0.4) is 0 Å². The minimum atomic E-state index is -0.537. The third-order valence-electron chi connectivity index (χ3n) is 1.77. The molecule has 0 N–H and O–H groups in total. The van der Waals surface area contributed by atoms with Crippen molar-refractivity contribution in [3.63, 3.8) is 0 Å². The zero-order valence-corrected chi connectivity index (χ0v) is 10.2. The van der Waals surface area contributed by atoms with E-state index in [9.17, 15) is 4.79 Å². The highest BCUT2D eigenvalue weighted by Crippen LogP contribution is 2.18. The number of carbonyl (C=O) groups excluding carboxylic acids is 1. The Labute approximate surface area is 105 Å². The van der Waals surface area contributed by atoms with Gasteiger partial charge in [-0.1, -0.05) is 17.5 Å². The van der Waals surface area contributed by atoms with Crippen LogP contribution in [0.5, 0.6) is 0 Å². The van der Waals surface area contributed by atoms with Crippen molar-refractivity contribution in [2.75, 3.05) is 6.61 Å². The maximum Gasteiger partial charge on any atom is 0.384 e. The molecule has 0 spiro atoms. The molecule has 16 heavy (non-hydrogen) atoms. The normalized spacial score (nSPS) is 9.19. The Morgan fingerprint density at radius 3 is 2.88 bits per heavy atom. The van der Waals surface area contributed by atoms with E-state index in [1.165, 1.54) is 0 Å². The molecule has 0 heterocycles. The van der Waals surface area contributed by atoms with Gasteiger partial charge < -0.3 is 4.74 Å². The van der Waals surface area contributed by atoms with Crippen molar-refractivity contribution in [2.24, 2.45) is 0 Å². The number of ether oxygens (including phenoxy) is 1. The van der Waals surface area contributed by atoms with E-state index in [4.69, 9.17) is 23.2 Å². The van der Waals surface area contributed by atoms with Gasteiger partial charge in [0.05, 0.1) is 6.61 Å². The largest absolute Gasteiger partial charge is 0.456 e. The molecule has 4 heteroatoms. The van der Waals surface area contributed by atoms with Gasteiger partial charge in [0.25, 0.3) is 0 Å². The zero-order valence-electron chi connectivity index (χ0n) is 8.72. The SMILES string of the molecule is CCOC(=O)C#Cc1ccc(Cl)c(CCl)c1. The fourth-order valence-corrected chi connectivity index (χ4v) is 1.52. The molecule has 0 unspecified atom stereocenters. The van der Waals surface area contributed by atoms with Crippen molar-refractivity contribution in [2.45, 2.75) is 12.8 Å². The van der Waals surface area contributed by atoms with Gasteiger partial charge in [0.15, 0.2) is 0 Å². The Morgan fingerprint density at radius 2 is 2.25 bits per heavy atom. The Morgan fingerprint density at radius 1 is 1.50 bits per heavy atom. The molecule has 1 rings (SSSR count). The lowest BCUT2D eigenvalue weighted by molar-refractivity contribution is -0.136. The molecule has 0 aromatic heterocycles. The molecule has 0 aliphatic heterocycles. The Bertz CT molecular complexity index is 444. The van der Waals surface area contributed by atoms with E-state index in [1.54, 1.807) is 25.1 Å². The molecule has 0 saturated heterocycles. The van der Waals surface area contributed by atoms with E-state index in [1.807, 2.05) is 0 Å². The van der Waals surface area contributed by atoms with Crippen LogP contribution in [0.4, 0.5) is 0 Å². The van der Waals surface area contributed by atoms with Gasteiger partial charge in [0, 0.05) is 22.4 Å². The van der Waals surface area contributed by atoms with Gasteiger partial charge in [-0.25, -0.2) is 4.79 Å². The number of benzene rings is 1. The molecule has 0 radical (unpaired) electrons. The van der Waals surface area contributed by atoms with Crippen LogP contribution in [-0.2, 0) is 15.4 Å². The van der Waals surface area contributed by atoms with Gasteiger partial charge in [0.2, 0.25) is 0 Å². The molecule has 0 fully saturated rings. The average Bonchev–Trinajstić information content (AvgIpc) is 2.28. The fraction of sp³-hybridized carbons (Fsp3) is 0.250. The summed E-state index contributed by atoms with van der Waals surface area (Å²) in [5.74, 6) is 4.84. The number of halogens is 2.